The van der Waals surface area contributed by atoms with Crippen molar-refractivity contribution in [3.05, 3.63) is 338 Å². The van der Waals surface area contributed by atoms with Crippen LogP contribution in [0.3, 0.4) is 0 Å². The molecule has 0 unspecified atom stereocenters. The fourth-order valence-corrected chi connectivity index (χ4v) is 18.3. The molecule has 117 heavy (non-hydrogen) atoms. The van der Waals surface area contributed by atoms with E-state index in [1.54, 1.807) is 93.9 Å². The number of aromatic nitrogens is 6. The summed E-state index contributed by atoms with van der Waals surface area (Å²) in [4.78, 5) is 27.1. The van der Waals surface area contributed by atoms with Gasteiger partial charge in [0.15, 0.2) is 11.2 Å². The molecule has 0 atom stereocenters. The first-order valence-corrected chi connectivity index (χ1v) is 40.0. The van der Waals surface area contributed by atoms with Crippen molar-refractivity contribution in [2.24, 2.45) is 0 Å². The number of hydrogen-bond acceptors (Lipinski definition) is 18. The number of hydrogen-bond donors (Lipinski definition) is 6. The Morgan fingerprint density at radius 1 is 0.222 bits per heavy atom. The average molecular weight is 1760 g/mol. The van der Waals surface area contributed by atoms with E-state index in [1.807, 2.05) is 194 Å². The van der Waals surface area contributed by atoms with Gasteiger partial charge in [0.2, 0.25) is 11.8 Å². The van der Waals surface area contributed by atoms with Crippen molar-refractivity contribution < 1.29 is 97.9 Å². The molecule has 22 rings (SSSR count). The van der Waals surface area contributed by atoms with Crippen molar-refractivity contribution in [1.82, 2.24) is 29.9 Å². The van der Waals surface area contributed by atoms with Gasteiger partial charge in [-0.2, -0.15) is 0 Å². The van der Waals surface area contributed by atoms with Gasteiger partial charge in [-0.3, -0.25) is 0 Å². The molecule has 20 aromatic rings. The molecular formula is C96H70N6O8S4Zn3. The fraction of sp³-hybridized carbons (Fsp3) is 0.0625. The molecule has 0 bridgehead atoms. The Bertz CT molecular complexity index is 6150. The van der Waals surface area contributed by atoms with Crippen LogP contribution in [0, 0.1) is 0 Å². The fourth-order valence-electron chi connectivity index (χ4n) is 14.4. The SMILES string of the molecule is CC1(C)c2ccccc2-c2cc(O)c(-c3nc4ccccc4s3)cc21.CC1(C)c2ccccc2-c2cc(O)c(-c3nc4ccccc4s3)cc21.Oc1ccccc1-c1nc2ccccc2o1.Oc1ccccc1-c1nc2ccccc2o1.Oc1ccccc1-c1nc2ccccc2s1.Oc1ccccc1-c1nc2ccccc2s1.[Zn].[Zn].[Zn]. The number of benzene rings is 14. The molecule has 0 amide bonds. The summed E-state index contributed by atoms with van der Waals surface area (Å²) >= 11 is 6.43. The maximum atomic E-state index is 10.7. The number of aromatic hydroxyl groups is 6. The third kappa shape index (κ3) is 16.6. The van der Waals surface area contributed by atoms with Crippen LogP contribution in [0.25, 0.3) is 151 Å². The van der Waals surface area contributed by atoms with E-state index >= 15 is 0 Å². The van der Waals surface area contributed by atoms with Crippen LogP contribution in [0.1, 0.15) is 49.9 Å². The Kier molecular flexibility index (Phi) is 24.5. The van der Waals surface area contributed by atoms with Gasteiger partial charge in [0.05, 0.1) is 74.2 Å². The van der Waals surface area contributed by atoms with Gasteiger partial charge in [0, 0.05) is 69.3 Å². The minimum Gasteiger partial charge on any atom is -0.507 e. The molecule has 14 aromatic carbocycles. The van der Waals surface area contributed by atoms with Crippen LogP contribution < -0.4 is 0 Å². The summed E-state index contributed by atoms with van der Waals surface area (Å²) in [7, 11) is 0. The topological polar surface area (TPSA) is 225 Å². The third-order valence-electron chi connectivity index (χ3n) is 20.2. The van der Waals surface area contributed by atoms with Gasteiger partial charge < -0.3 is 39.5 Å². The van der Waals surface area contributed by atoms with Gasteiger partial charge in [-0.1, -0.05) is 198 Å². The minimum absolute atomic E-state index is 0. The van der Waals surface area contributed by atoms with Gasteiger partial charge in [-0.05, 0) is 190 Å². The first-order chi connectivity index (χ1) is 55.5. The van der Waals surface area contributed by atoms with Crippen LogP contribution in [-0.4, -0.2) is 60.5 Å². The molecule has 0 saturated heterocycles. The zero-order valence-corrected chi connectivity index (χ0v) is 76.1. The standard InChI is InChI=1S/2C22H17NOS.2C13H9NO2.2C13H9NOS.3Zn/c2*1-22(2)16-8-4-3-7-13(16)14-12-19(24)15(11-17(14)22)21-23-18-9-5-6-10-20(18)25-21;4*15-11-7-3-1-5-9(11)13-14-10-6-2-4-8-12(10)16-13;;;/h2*3-12,24H,1-2H3;4*1-8,15H;;;. The van der Waals surface area contributed by atoms with Gasteiger partial charge in [-0.15, -0.1) is 45.3 Å². The maximum absolute atomic E-state index is 10.7. The number of phenolic OH excluding ortho intramolecular Hbond substituents is 6. The second-order valence-corrected chi connectivity index (χ2v) is 32.3. The van der Waals surface area contributed by atoms with Crippen LogP contribution >= 0.6 is 45.3 Å². The van der Waals surface area contributed by atoms with Crippen molar-refractivity contribution in [3.63, 3.8) is 0 Å². The molecule has 0 radical (unpaired) electrons. The van der Waals surface area contributed by atoms with E-state index in [4.69, 9.17) is 18.8 Å². The second kappa shape index (κ2) is 35.0. The number of rotatable bonds is 6. The van der Waals surface area contributed by atoms with Crippen LogP contribution in [-0.2, 0) is 69.3 Å². The van der Waals surface area contributed by atoms with E-state index in [-0.39, 0.29) is 92.3 Å². The van der Waals surface area contributed by atoms with Gasteiger partial charge in [0.25, 0.3) is 0 Å². The summed E-state index contributed by atoms with van der Waals surface area (Å²) in [5.74, 6) is 2.39. The summed E-state index contributed by atoms with van der Waals surface area (Å²) in [6, 6.07) is 101. The molecule has 14 nitrogen and oxygen atoms in total. The van der Waals surface area contributed by atoms with Crippen LogP contribution in [0.4, 0.5) is 0 Å². The largest absolute Gasteiger partial charge is 0.507 e. The summed E-state index contributed by atoms with van der Waals surface area (Å²) in [5.41, 5.74) is 21.0. The Morgan fingerprint density at radius 3 is 0.769 bits per heavy atom. The first kappa shape index (κ1) is 81.8. The average Bonchev–Trinajstić information content (AvgIpc) is 1.58. The number of para-hydroxylation sites is 12. The Balaban J connectivity index is 0.000000116. The quantitative estimate of drug-likeness (QED) is 0.0852. The Morgan fingerprint density at radius 2 is 0.470 bits per heavy atom. The number of thiazole rings is 4. The third-order valence-corrected chi connectivity index (χ3v) is 24.4. The minimum atomic E-state index is -0.0783. The second-order valence-electron chi connectivity index (χ2n) is 28.2. The predicted octanol–water partition coefficient (Wildman–Crippen LogP) is 25.7. The van der Waals surface area contributed by atoms with Crippen LogP contribution in [0.2, 0.25) is 0 Å². The van der Waals surface area contributed by atoms with E-state index in [0.717, 1.165) is 116 Å². The first-order valence-electron chi connectivity index (χ1n) is 36.7. The molecule has 0 aliphatic heterocycles. The summed E-state index contributed by atoms with van der Waals surface area (Å²) in [6.45, 7) is 8.99. The van der Waals surface area contributed by atoms with Crippen molar-refractivity contribution in [2.75, 3.05) is 0 Å². The van der Waals surface area contributed by atoms with E-state index in [2.05, 4.69) is 120 Å². The van der Waals surface area contributed by atoms with Crippen molar-refractivity contribution in [1.29, 1.82) is 0 Å². The molecule has 0 spiro atoms. The van der Waals surface area contributed by atoms with E-state index < -0.39 is 0 Å². The summed E-state index contributed by atoms with van der Waals surface area (Å²) in [5, 5.41) is 63.8. The zero-order chi connectivity index (χ0) is 78.2. The molecule has 21 heteroatoms. The van der Waals surface area contributed by atoms with Crippen molar-refractivity contribution in [3.8, 4) is 122 Å². The maximum Gasteiger partial charge on any atom is 0.231 e. The number of phenols is 6. The van der Waals surface area contributed by atoms with Crippen molar-refractivity contribution in [2.45, 2.75) is 38.5 Å². The molecule has 6 aromatic heterocycles. The number of oxazole rings is 2. The monoisotopic (exact) mass is 1750 g/mol. The normalized spacial score (nSPS) is 12.1. The Labute approximate surface area is 727 Å². The zero-order valence-electron chi connectivity index (χ0n) is 64.0. The molecular weight excluding hydrogens is 1690 g/mol. The Hall–Kier alpha value is -11.7. The summed E-state index contributed by atoms with van der Waals surface area (Å²) < 4.78 is 15.7. The van der Waals surface area contributed by atoms with Gasteiger partial charge in [0.1, 0.15) is 65.6 Å². The molecule has 2 aliphatic rings. The molecule has 6 N–H and O–H groups in total. The number of nitrogens with zero attached hydrogens (tertiary/aromatic N) is 6. The number of fused-ring (bicyclic) bond motifs is 12. The van der Waals surface area contributed by atoms with Crippen LogP contribution in [0.5, 0.6) is 34.5 Å². The van der Waals surface area contributed by atoms with Gasteiger partial charge >= 0.3 is 0 Å². The predicted molar refractivity (Wildman–Crippen MR) is 464 cm³/mol. The van der Waals surface area contributed by atoms with Crippen LogP contribution in [0.15, 0.2) is 324 Å². The smallest absolute Gasteiger partial charge is 0.231 e. The van der Waals surface area contributed by atoms with E-state index in [1.165, 1.54) is 33.4 Å². The molecule has 2 aliphatic carbocycles. The van der Waals surface area contributed by atoms with E-state index in [0.29, 0.717) is 34.4 Å². The van der Waals surface area contributed by atoms with Crippen molar-refractivity contribution >= 4 is 108 Å². The van der Waals surface area contributed by atoms with E-state index in [9.17, 15) is 30.6 Å². The van der Waals surface area contributed by atoms with Gasteiger partial charge in [-0.25, -0.2) is 29.9 Å². The molecule has 562 valence electrons. The molecule has 0 fully saturated rings. The summed E-state index contributed by atoms with van der Waals surface area (Å²) in [6.07, 6.45) is 0. The molecule has 0 saturated carbocycles. The molecule has 6 heterocycles.